The molecule has 180 valence electrons. The van der Waals surface area contributed by atoms with Crippen molar-refractivity contribution < 1.29 is 5.11 Å². The van der Waals surface area contributed by atoms with Gasteiger partial charge in [-0.3, -0.25) is 0 Å². The van der Waals surface area contributed by atoms with Gasteiger partial charge in [0, 0.05) is 12.2 Å². The standard InChI is InChI=1S/C31H45NO/c1-6-7-8-9-10-11-12-13-25(23-32-26-15-17-27(33)18-16-26)24-14-19-28-29(22-24)31(4,5)21-20-30(28,2)3/h13-19,22,32-33H,6-12,20-21,23H2,1-5H3/b25-13-. The molecule has 2 N–H and O–H groups in total. The lowest BCUT2D eigenvalue weighted by Gasteiger charge is -2.42. The van der Waals surface area contributed by atoms with Crippen LogP contribution in [0.5, 0.6) is 5.75 Å². The van der Waals surface area contributed by atoms with Crippen molar-refractivity contribution in [3.05, 3.63) is 65.2 Å². The maximum absolute atomic E-state index is 9.60. The zero-order chi connectivity index (χ0) is 23.9. The van der Waals surface area contributed by atoms with Crippen molar-refractivity contribution in [2.45, 2.75) is 103 Å². The minimum Gasteiger partial charge on any atom is -0.508 e. The highest BCUT2D eigenvalue weighted by Crippen LogP contribution is 2.46. The third-order valence-corrected chi connectivity index (χ3v) is 7.52. The summed E-state index contributed by atoms with van der Waals surface area (Å²) < 4.78 is 0. The van der Waals surface area contributed by atoms with E-state index in [-0.39, 0.29) is 10.8 Å². The van der Waals surface area contributed by atoms with Crippen LogP contribution in [0.1, 0.15) is 109 Å². The quantitative estimate of drug-likeness (QED) is 0.266. The molecule has 0 amide bonds. The van der Waals surface area contributed by atoms with Gasteiger partial charge in [-0.05, 0) is 83.0 Å². The number of unbranched alkanes of at least 4 members (excludes halogenated alkanes) is 6. The number of hydrogen-bond acceptors (Lipinski definition) is 2. The second-order valence-electron chi connectivity index (χ2n) is 11.2. The van der Waals surface area contributed by atoms with Crippen molar-refractivity contribution in [3.63, 3.8) is 0 Å². The lowest BCUT2D eigenvalue weighted by molar-refractivity contribution is 0.332. The van der Waals surface area contributed by atoms with Crippen molar-refractivity contribution >= 4 is 11.3 Å². The fraction of sp³-hybridized carbons (Fsp3) is 0.548. The van der Waals surface area contributed by atoms with E-state index >= 15 is 0 Å². The number of phenols is 1. The van der Waals surface area contributed by atoms with E-state index in [0.29, 0.717) is 5.75 Å². The van der Waals surface area contributed by atoms with Gasteiger partial charge in [-0.2, -0.15) is 0 Å². The molecule has 0 heterocycles. The monoisotopic (exact) mass is 447 g/mol. The molecule has 0 saturated carbocycles. The minimum atomic E-state index is 0.218. The predicted molar refractivity (Wildman–Crippen MR) is 144 cm³/mol. The van der Waals surface area contributed by atoms with Crippen molar-refractivity contribution in [2.24, 2.45) is 0 Å². The maximum Gasteiger partial charge on any atom is 0.115 e. The van der Waals surface area contributed by atoms with Crippen molar-refractivity contribution in [2.75, 3.05) is 11.9 Å². The Balaban J connectivity index is 1.80. The molecule has 33 heavy (non-hydrogen) atoms. The zero-order valence-electron chi connectivity index (χ0n) is 21.6. The Kier molecular flexibility index (Phi) is 8.68. The number of fused-ring (bicyclic) bond motifs is 1. The summed E-state index contributed by atoms with van der Waals surface area (Å²) in [6, 6.07) is 14.6. The summed E-state index contributed by atoms with van der Waals surface area (Å²) in [7, 11) is 0. The summed E-state index contributed by atoms with van der Waals surface area (Å²) in [5, 5.41) is 13.2. The molecule has 1 aliphatic carbocycles. The molecule has 1 aliphatic rings. The van der Waals surface area contributed by atoms with E-state index < -0.39 is 0 Å². The van der Waals surface area contributed by atoms with E-state index in [0.717, 1.165) is 18.7 Å². The first-order valence-electron chi connectivity index (χ1n) is 13.1. The smallest absolute Gasteiger partial charge is 0.115 e. The normalized spacial score (nSPS) is 16.9. The van der Waals surface area contributed by atoms with Crippen LogP contribution >= 0.6 is 0 Å². The van der Waals surface area contributed by atoms with E-state index in [1.54, 1.807) is 12.1 Å². The van der Waals surface area contributed by atoms with Crippen molar-refractivity contribution in [3.8, 4) is 5.75 Å². The van der Waals surface area contributed by atoms with Gasteiger partial charge in [0.1, 0.15) is 5.75 Å². The molecule has 0 aliphatic heterocycles. The van der Waals surface area contributed by atoms with Crippen LogP contribution in [0.4, 0.5) is 5.69 Å². The lowest BCUT2D eigenvalue weighted by atomic mass is 9.63. The highest BCUT2D eigenvalue weighted by Gasteiger charge is 2.37. The van der Waals surface area contributed by atoms with E-state index in [1.165, 1.54) is 73.6 Å². The summed E-state index contributed by atoms with van der Waals surface area (Å²) in [6.45, 7) is 12.7. The highest BCUT2D eigenvalue weighted by molar-refractivity contribution is 5.71. The number of rotatable bonds is 11. The van der Waals surface area contributed by atoms with Crippen LogP contribution in [0.15, 0.2) is 48.5 Å². The zero-order valence-corrected chi connectivity index (χ0v) is 21.6. The summed E-state index contributed by atoms with van der Waals surface area (Å²) in [5.41, 5.74) is 7.26. The molecule has 2 heteroatoms. The van der Waals surface area contributed by atoms with Gasteiger partial charge in [-0.25, -0.2) is 0 Å². The van der Waals surface area contributed by atoms with Crippen LogP contribution in [-0.2, 0) is 10.8 Å². The summed E-state index contributed by atoms with van der Waals surface area (Å²) in [5.74, 6) is 0.305. The molecular weight excluding hydrogens is 402 g/mol. The minimum absolute atomic E-state index is 0.218. The summed E-state index contributed by atoms with van der Waals surface area (Å²) in [4.78, 5) is 0. The molecule has 0 aromatic heterocycles. The molecule has 2 aromatic rings. The Morgan fingerprint density at radius 1 is 0.848 bits per heavy atom. The lowest BCUT2D eigenvalue weighted by Crippen LogP contribution is -2.33. The van der Waals surface area contributed by atoms with E-state index in [9.17, 15) is 5.11 Å². The van der Waals surface area contributed by atoms with Gasteiger partial charge in [-0.1, -0.05) is 91.0 Å². The SMILES string of the molecule is CCCCCCCC/C=C(/CNc1ccc(O)cc1)c1ccc2c(c1)C(C)(C)CCC2(C)C. The Morgan fingerprint density at radius 2 is 1.48 bits per heavy atom. The van der Waals surface area contributed by atoms with Crippen molar-refractivity contribution in [1.29, 1.82) is 0 Å². The molecule has 0 spiro atoms. The van der Waals surface area contributed by atoms with Gasteiger partial charge >= 0.3 is 0 Å². The van der Waals surface area contributed by atoms with Crippen LogP contribution in [0, 0.1) is 0 Å². The summed E-state index contributed by atoms with van der Waals surface area (Å²) >= 11 is 0. The number of nitrogens with one attached hydrogen (secondary N) is 1. The fourth-order valence-corrected chi connectivity index (χ4v) is 5.06. The predicted octanol–water partition coefficient (Wildman–Crippen LogP) is 8.99. The van der Waals surface area contributed by atoms with Crippen molar-refractivity contribution in [1.82, 2.24) is 0 Å². The second kappa shape index (κ2) is 11.3. The van der Waals surface area contributed by atoms with Crippen LogP contribution in [0.25, 0.3) is 5.57 Å². The average Bonchev–Trinajstić information content (AvgIpc) is 2.79. The third-order valence-electron chi connectivity index (χ3n) is 7.52. The maximum atomic E-state index is 9.60. The molecular formula is C31H45NO. The molecule has 0 atom stereocenters. The van der Waals surface area contributed by atoms with Gasteiger partial charge in [0.05, 0.1) is 0 Å². The molecule has 2 aromatic carbocycles. The molecule has 2 nitrogen and oxygen atoms in total. The largest absolute Gasteiger partial charge is 0.508 e. The molecule has 3 rings (SSSR count). The Labute approximate surface area is 202 Å². The first-order chi connectivity index (χ1) is 15.7. The van der Waals surface area contributed by atoms with E-state index in [4.69, 9.17) is 0 Å². The number of benzene rings is 2. The number of anilines is 1. The van der Waals surface area contributed by atoms with Gasteiger partial charge in [0.25, 0.3) is 0 Å². The number of phenolic OH excluding ortho intramolecular Hbond substituents is 1. The highest BCUT2D eigenvalue weighted by atomic mass is 16.3. The molecule has 0 unspecified atom stereocenters. The number of aromatic hydroxyl groups is 1. The summed E-state index contributed by atoms with van der Waals surface area (Å²) in [6.07, 6.45) is 14.0. The molecule has 0 fully saturated rings. The Hall–Kier alpha value is -2.22. The molecule has 0 saturated heterocycles. The first-order valence-corrected chi connectivity index (χ1v) is 13.1. The average molecular weight is 448 g/mol. The third kappa shape index (κ3) is 6.88. The topological polar surface area (TPSA) is 32.3 Å². The molecule has 0 bridgehead atoms. The van der Waals surface area contributed by atoms with Crippen LogP contribution in [0.3, 0.4) is 0 Å². The Morgan fingerprint density at radius 3 is 2.18 bits per heavy atom. The first kappa shape index (κ1) is 25.4. The Bertz CT molecular complexity index is 920. The van der Waals surface area contributed by atoms with Crippen LogP contribution in [-0.4, -0.2) is 11.7 Å². The van der Waals surface area contributed by atoms with Crippen LogP contribution < -0.4 is 5.32 Å². The van der Waals surface area contributed by atoms with Gasteiger partial charge in [0.2, 0.25) is 0 Å². The van der Waals surface area contributed by atoms with Crippen LogP contribution in [0.2, 0.25) is 0 Å². The molecule has 0 radical (unpaired) electrons. The second-order valence-corrected chi connectivity index (χ2v) is 11.2. The van der Waals surface area contributed by atoms with E-state index in [2.05, 4.69) is 64.2 Å². The van der Waals surface area contributed by atoms with Gasteiger partial charge < -0.3 is 10.4 Å². The van der Waals surface area contributed by atoms with Gasteiger partial charge in [0.15, 0.2) is 0 Å². The number of hydrogen-bond donors (Lipinski definition) is 2. The van der Waals surface area contributed by atoms with Gasteiger partial charge in [-0.15, -0.1) is 0 Å². The van der Waals surface area contributed by atoms with E-state index in [1.807, 2.05) is 12.1 Å². The fourth-order valence-electron chi connectivity index (χ4n) is 5.06. The number of allylic oxidation sites excluding steroid dienone is 1.